The van der Waals surface area contributed by atoms with E-state index in [2.05, 4.69) is 27.3 Å². The number of amides is 1. The molecule has 1 aliphatic heterocycles. The number of hydrogen-bond donors (Lipinski definition) is 1. The van der Waals surface area contributed by atoms with Gasteiger partial charge in [-0.3, -0.25) is 9.69 Å². The van der Waals surface area contributed by atoms with Gasteiger partial charge in [-0.2, -0.15) is 0 Å². The molecule has 106 valence electrons. The van der Waals surface area contributed by atoms with Gasteiger partial charge in [0, 0.05) is 19.3 Å². The highest BCUT2D eigenvalue weighted by atomic mass is 16.1. The normalized spacial score (nSPS) is 20.4. The number of pyridine rings is 1. The second-order valence-corrected chi connectivity index (χ2v) is 5.61. The van der Waals surface area contributed by atoms with Crippen LogP contribution >= 0.6 is 0 Å². The molecule has 3 rings (SSSR count). The molecule has 5 heteroatoms. The van der Waals surface area contributed by atoms with Crippen molar-refractivity contribution in [2.24, 2.45) is 11.7 Å². The van der Waals surface area contributed by atoms with E-state index < -0.39 is 0 Å². The molecule has 5 nitrogen and oxygen atoms in total. The van der Waals surface area contributed by atoms with Crippen molar-refractivity contribution in [3.63, 3.8) is 0 Å². The number of piperidine rings is 1. The van der Waals surface area contributed by atoms with Crippen LogP contribution in [0.5, 0.6) is 0 Å². The Bertz CT molecular complexity index is 634. The van der Waals surface area contributed by atoms with Gasteiger partial charge in [-0.05, 0) is 37.9 Å². The lowest BCUT2D eigenvalue weighted by Gasteiger charge is -2.30. The van der Waals surface area contributed by atoms with E-state index in [9.17, 15) is 4.79 Å². The first kappa shape index (κ1) is 13.1. The van der Waals surface area contributed by atoms with Crippen molar-refractivity contribution < 1.29 is 4.79 Å². The third-order valence-corrected chi connectivity index (χ3v) is 4.10. The molecule has 0 radical (unpaired) electrons. The van der Waals surface area contributed by atoms with Gasteiger partial charge in [-0.25, -0.2) is 4.98 Å². The monoisotopic (exact) mass is 272 g/mol. The summed E-state index contributed by atoms with van der Waals surface area (Å²) in [6.45, 7) is 4.65. The fourth-order valence-electron chi connectivity index (χ4n) is 2.98. The maximum Gasteiger partial charge on any atom is 0.221 e. The van der Waals surface area contributed by atoms with Crippen molar-refractivity contribution in [2.75, 3.05) is 13.1 Å². The molecule has 0 aromatic carbocycles. The van der Waals surface area contributed by atoms with Gasteiger partial charge in [0.1, 0.15) is 5.65 Å². The smallest absolute Gasteiger partial charge is 0.221 e. The Morgan fingerprint density at radius 2 is 2.40 bits per heavy atom. The van der Waals surface area contributed by atoms with Crippen molar-refractivity contribution in [3.8, 4) is 0 Å². The molecule has 1 fully saturated rings. The van der Waals surface area contributed by atoms with Crippen LogP contribution in [0.25, 0.3) is 5.65 Å². The summed E-state index contributed by atoms with van der Waals surface area (Å²) in [4.78, 5) is 18.1. The Morgan fingerprint density at radius 3 is 3.20 bits per heavy atom. The van der Waals surface area contributed by atoms with Crippen LogP contribution in [0.2, 0.25) is 0 Å². The van der Waals surface area contributed by atoms with Gasteiger partial charge in [0.15, 0.2) is 0 Å². The van der Waals surface area contributed by atoms with Crippen molar-refractivity contribution in [3.05, 3.63) is 35.8 Å². The van der Waals surface area contributed by atoms with E-state index in [1.807, 2.05) is 18.5 Å². The molecular weight excluding hydrogens is 252 g/mol. The van der Waals surface area contributed by atoms with Crippen molar-refractivity contribution in [2.45, 2.75) is 26.3 Å². The van der Waals surface area contributed by atoms with E-state index >= 15 is 0 Å². The van der Waals surface area contributed by atoms with Gasteiger partial charge in [0.25, 0.3) is 0 Å². The number of carbonyl (C=O) groups is 1. The molecular formula is C15H20N4O. The van der Waals surface area contributed by atoms with Gasteiger partial charge in [-0.1, -0.05) is 6.07 Å². The third-order valence-electron chi connectivity index (χ3n) is 4.10. The molecule has 0 bridgehead atoms. The van der Waals surface area contributed by atoms with E-state index in [0.717, 1.165) is 43.8 Å². The van der Waals surface area contributed by atoms with Crippen LogP contribution in [0.4, 0.5) is 0 Å². The van der Waals surface area contributed by atoms with Crippen LogP contribution < -0.4 is 5.73 Å². The molecule has 1 amide bonds. The average molecular weight is 272 g/mol. The summed E-state index contributed by atoms with van der Waals surface area (Å²) in [7, 11) is 0. The van der Waals surface area contributed by atoms with Gasteiger partial charge in [-0.15, -0.1) is 0 Å². The van der Waals surface area contributed by atoms with Crippen molar-refractivity contribution in [1.29, 1.82) is 0 Å². The zero-order valence-corrected chi connectivity index (χ0v) is 11.7. The summed E-state index contributed by atoms with van der Waals surface area (Å²) in [5.74, 6) is -0.187. The molecule has 0 spiro atoms. The zero-order chi connectivity index (χ0) is 14.1. The lowest BCUT2D eigenvalue weighted by Crippen LogP contribution is -2.40. The van der Waals surface area contributed by atoms with E-state index in [4.69, 9.17) is 5.73 Å². The summed E-state index contributed by atoms with van der Waals surface area (Å²) in [6, 6.07) is 4.10. The van der Waals surface area contributed by atoms with Crippen LogP contribution in [-0.2, 0) is 11.3 Å². The Morgan fingerprint density at radius 1 is 1.55 bits per heavy atom. The quantitative estimate of drug-likeness (QED) is 0.917. The van der Waals surface area contributed by atoms with Gasteiger partial charge in [0.05, 0.1) is 17.8 Å². The number of likely N-dealkylation sites (tertiary alicyclic amines) is 1. The highest BCUT2D eigenvalue weighted by Gasteiger charge is 2.24. The van der Waals surface area contributed by atoms with E-state index in [-0.39, 0.29) is 11.8 Å². The number of primary amides is 1. The largest absolute Gasteiger partial charge is 0.369 e. The maximum absolute atomic E-state index is 11.3. The molecule has 1 aliphatic rings. The summed E-state index contributed by atoms with van der Waals surface area (Å²) < 4.78 is 2.13. The van der Waals surface area contributed by atoms with Gasteiger partial charge < -0.3 is 10.1 Å². The third kappa shape index (κ3) is 2.41. The second-order valence-electron chi connectivity index (χ2n) is 5.61. The lowest BCUT2D eigenvalue weighted by molar-refractivity contribution is -0.123. The van der Waals surface area contributed by atoms with Crippen LogP contribution in [0.1, 0.15) is 24.1 Å². The van der Waals surface area contributed by atoms with E-state index in [0.29, 0.717) is 0 Å². The van der Waals surface area contributed by atoms with Crippen LogP contribution in [0.3, 0.4) is 0 Å². The summed E-state index contributed by atoms with van der Waals surface area (Å²) in [6.07, 6.45) is 5.91. The molecule has 2 N–H and O–H groups in total. The number of hydrogen-bond acceptors (Lipinski definition) is 3. The van der Waals surface area contributed by atoms with Gasteiger partial charge in [0.2, 0.25) is 5.91 Å². The summed E-state index contributed by atoms with van der Waals surface area (Å²) in [5, 5.41) is 0. The van der Waals surface area contributed by atoms with E-state index in [1.54, 1.807) is 0 Å². The van der Waals surface area contributed by atoms with Crippen LogP contribution in [0.15, 0.2) is 24.5 Å². The Kier molecular flexibility index (Phi) is 3.44. The number of aryl methyl sites for hydroxylation is 1. The number of aromatic nitrogens is 2. The van der Waals surface area contributed by atoms with Crippen LogP contribution in [-0.4, -0.2) is 33.3 Å². The first-order valence-corrected chi connectivity index (χ1v) is 7.08. The molecule has 0 aliphatic carbocycles. The summed E-state index contributed by atoms with van der Waals surface area (Å²) in [5.41, 5.74) is 8.77. The Balaban J connectivity index is 1.79. The minimum Gasteiger partial charge on any atom is -0.369 e. The average Bonchev–Trinajstić information content (AvgIpc) is 2.84. The minimum absolute atomic E-state index is 0.00956. The zero-order valence-electron chi connectivity index (χ0n) is 11.7. The van der Waals surface area contributed by atoms with Crippen molar-refractivity contribution >= 4 is 11.6 Å². The molecule has 1 atom stereocenters. The molecule has 2 aromatic heterocycles. The highest BCUT2D eigenvalue weighted by molar-refractivity contribution is 5.76. The fraction of sp³-hybridized carbons (Fsp3) is 0.467. The molecule has 3 heterocycles. The second kappa shape index (κ2) is 5.25. The lowest BCUT2D eigenvalue weighted by atomic mass is 9.97. The minimum atomic E-state index is -0.177. The highest BCUT2D eigenvalue weighted by Crippen LogP contribution is 2.19. The number of imidazole rings is 1. The molecule has 1 unspecified atom stereocenters. The number of nitrogens with zero attached hydrogens (tertiary/aromatic N) is 3. The molecule has 1 saturated heterocycles. The van der Waals surface area contributed by atoms with Crippen LogP contribution in [0, 0.1) is 12.8 Å². The standard InChI is InChI=1S/C15H20N4O/c1-11-4-2-7-19-13(8-17-15(11)19)10-18-6-3-5-12(9-18)14(16)20/h2,4,7-8,12H,3,5-6,9-10H2,1H3,(H2,16,20). The topological polar surface area (TPSA) is 63.6 Å². The molecule has 0 saturated carbocycles. The van der Waals surface area contributed by atoms with Crippen molar-refractivity contribution in [1.82, 2.24) is 14.3 Å². The Labute approximate surface area is 118 Å². The first-order valence-electron chi connectivity index (χ1n) is 7.08. The first-order chi connectivity index (χ1) is 9.65. The Hall–Kier alpha value is -1.88. The predicted molar refractivity (Wildman–Crippen MR) is 77.1 cm³/mol. The number of nitrogens with two attached hydrogens (primary N) is 1. The predicted octanol–water partition coefficient (Wildman–Crippen LogP) is 1.34. The molecule has 20 heavy (non-hydrogen) atoms. The molecule has 2 aromatic rings. The van der Waals surface area contributed by atoms with E-state index in [1.165, 1.54) is 5.56 Å². The SMILES string of the molecule is Cc1cccn2c(CN3CCCC(C(N)=O)C3)cnc12. The number of rotatable bonds is 3. The number of carbonyl (C=O) groups excluding carboxylic acids is 1. The van der Waals surface area contributed by atoms with Gasteiger partial charge >= 0.3 is 0 Å². The maximum atomic E-state index is 11.3. The fourth-order valence-corrected chi connectivity index (χ4v) is 2.98. The number of fused-ring (bicyclic) bond motifs is 1. The summed E-state index contributed by atoms with van der Waals surface area (Å²) >= 11 is 0.